The number of furan rings is 1. The standard InChI is InChI=1S/C28H30N2O2S2/c1-17-13-18(2)25(19(3)14-17)23-16-34-28(29-23)30-27(31)26-22(15-33-20-9-5-4-6-10-20)21-11-7-8-12-24(21)32-26/h7-8,11-14,16,20H,4-6,9-10,15H2,1-3H3,(H,29,30,31). The number of hydrogen-bond donors (Lipinski definition) is 1. The monoisotopic (exact) mass is 490 g/mol. The Morgan fingerprint density at radius 2 is 1.85 bits per heavy atom. The van der Waals surface area contributed by atoms with Crippen molar-refractivity contribution in [1.82, 2.24) is 4.98 Å². The minimum Gasteiger partial charge on any atom is -0.451 e. The topological polar surface area (TPSA) is 55.1 Å². The van der Waals surface area contributed by atoms with Gasteiger partial charge in [0.15, 0.2) is 10.9 Å². The van der Waals surface area contributed by atoms with Gasteiger partial charge in [-0.3, -0.25) is 10.1 Å². The normalized spacial score (nSPS) is 14.6. The number of anilines is 1. The first kappa shape index (κ1) is 23.2. The molecule has 34 heavy (non-hydrogen) atoms. The molecule has 2 aromatic carbocycles. The minimum absolute atomic E-state index is 0.228. The number of thioether (sulfide) groups is 1. The fourth-order valence-corrected chi connectivity index (χ4v) is 7.09. The molecular formula is C28H30N2O2S2. The summed E-state index contributed by atoms with van der Waals surface area (Å²) in [7, 11) is 0. The Morgan fingerprint density at radius 1 is 1.12 bits per heavy atom. The second-order valence-electron chi connectivity index (χ2n) is 9.24. The lowest BCUT2D eigenvalue weighted by atomic mass is 9.98. The fourth-order valence-electron chi connectivity index (χ4n) is 5.04. The number of benzene rings is 2. The molecule has 1 aliphatic rings. The first-order chi connectivity index (χ1) is 16.5. The number of amides is 1. The van der Waals surface area contributed by atoms with E-state index < -0.39 is 0 Å². The van der Waals surface area contributed by atoms with Gasteiger partial charge in [-0.25, -0.2) is 4.98 Å². The van der Waals surface area contributed by atoms with Gasteiger partial charge >= 0.3 is 0 Å². The number of aromatic nitrogens is 1. The van der Waals surface area contributed by atoms with Crippen molar-refractivity contribution in [3.05, 3.63) is 69.8 Å². The van der Waals surface area contributed by atoms with Crippen LogP contribution in [0.2, 0.25) is 0 Å². The molecular weight excluding hydrogens is 460 g/mol. The molecule has 4 aromatic rings. The zero-order valence-corrected chi connectivity index (χ0v) is 21.6. The van der Waals surface area contributed by atoms with Crippen molar-refractivity contribution in [2.45, 2.75) is 63.9 Å². The van der Waals surface area contributed by atoms with Gasteiger partial charge in [-0.15, -0.1) is 11.3 Å². The number of aryl methyl sites for hydroxylation is 3. The Hall–Kier alpha value is -2.57. The van der Waals surface area contributed by atoms with E-state index in [4.69, 9.17) is 9.40 Å². The van der Waals surface area contributed by atoms with Crippen molar-refractivity contribution in [1.29, 1.82) is 0 Å². The zero-order valence-electron chi connectivity index (χ0n) is 19.9. The van der Waals surface area contributed by atoms with E-state index in [1.165, 1.54) is 60.1 Å². The second-order valence-corrected chi connectivity index (χ2v) is 11.4. The van der Waals surface area contributed by atoms with E-state index in [9.17, 15) is 4.79 Å². The highest BCUT2D eigenvalue weighted by Gasteiger charge is 2.23. The number of nitrogens with zero attached hydrogens (tertiary/aromatic N) is 1. The van der Waals surface area contributed by atoms with Crippen LogP contribution in [0.15, 0.2) is 46.2 Å². The fraction of sp³-hybridized carbons (Fsp3) is 0.357. The molecule has 1 saturated carbocycles. The molecule has 1 fully saturated rings. The zero-order chi connectivity index (χ0) is 23.7. The van der Waals surface area contributed by atoms with Crippen LogP contribution in [0.25, 0.3) is 22.2 Å². The third-order valence-corrected chi connectivity index (χ3v) is 8.73. The van der Waals surface area contributed by atoms with Gasteiger partial charge in [0.05, 0.1) is 5.69 Å². The van der Waals surface area contributed by atoms with Crippen molar-refractivity contribution in [2.75, 3.05) is 5.32 Å². The third kappa shape index (κ3) is 4.80. The smallest absolute Gasteiger partial charge is 0.293 e. The highest BCUT2D eigenvalue weighted by molar-refractivity contribution is 7.99. The molecule has 5 rings (SSSR count). The molecule has 0 radical (unpaired) electrons. The van der Waals surface area contributed by atoms with Gasteiger partial charge in [-0.2, -0.15) is 11.8 Å². The number of carbonyl (C=O) groups excluding carboxylic acids is 1. The molecule has 0 aliphatic heterocycles. The summed E-state index contributed by atoms with van der Waals surface area (Å²) in [6.07, 6.45) is 6.49. The van der Waals surface area contributed by atoms with Crippen molar-refractivity contribution in [2.24, 2.45) is 0 Å². The van der Waals surface area contributed by atoms with Crippen LogP contribution >= 0.6 is 23.1 Å². The average molecular weight is 491 g/mol. The van der Waals surface area contributed by atoms with Gasteiger partial charge in [0.1, 0.15) is 5.58 Å². The van der Waals surface area contributed by atoms with Gasteiger partial charge in [0.25, 0.3) is 5.91 Å². The molecule has 1 amide bonds. The Morgan fingerprint density at radius 3 is 2.62 bits per heavy atom. The van der Waals surface area contributed by atoms with E-state index in [-0.39, 0.29) is 5.91 Å². The number of thiazole rings is 1. The largest absolute Gasteiger partial charge is 0.451 e. The minimum atomic E-state index is -0.228. The molecule has 0 atom stereocenters. The van der Waals surface area contributed by atoms with Gasteiger partial charge < -0.3 is 4.42 Å². The van der Waals surface area contributed by atoms with Crippen LogP contribution in [0.1, 0.15) is 64.9 Å². The maximum Gasteiger partial charge on any atom is 0.293 e. The molecule has 2 aromatic heterocycles. The second kappa shape index (κ2) is 9.96. The number of carbonyl (C=O) groups is 1. The predicted molar refractivity (Wildman–Crippen MR) is 144 cm³/mol. The SMILES string of the molecule is Cc1cc(C)c(-c2csc(NC(=O)c3oc4ccccc4c3CSC3CCCCC3)n2)c(C)c1. The molecule has 6 heteroatoms. The first-order valence-corrected chi connectivity index (χ1v) is 13.9. The summed E-state index contributed by atoms with van der Waals surface area (Å²) in [4.78, 5) is 18.1. The summed E-state index contributed by atoms with van der Waals surface area (Å²) in [6.45, 7) is 6.32. The highest BCUT2D eigenvalue weighted by atomic mass is 32.2. The number of rotatable bonds is 6. The van der Waals surface area contributed by atoms with Gasteiger partial charge in [0, 0.05) is 32.9 Å². The average Bonchev–Trinajstić information content (AvgIpc) is 3.42. The van der Waals surface area contributed by atoms with E-state index in [0.29, 0.717) is 16.1 Å². The summed E-state index contributed by atoms with van der Waals surface area (Å²) in [5.74, 6) is 0.965. The van der Waals surface area contributed by atoms with E-state index in [1.54, 1.807) is 0 Å². The van der Waals surface area contributed by atoms with Crippen LogP contribution in [-0.2, 0) is 5.75 Å². The van der Waals surface area contributed by atoms with Crippen molar-refractivity contribution >= 4 is 45.1 Å². The summed E-state index contributed by atoms with van der Waals surface area (Å²) in [5.41, 5.74) is 7.41. The molecule has 0 unspecified atom stereocenters. The molecule has 0 bridgehead atoms. The molecule has 0 spiro atoms. The predicted octanol–water partition coefficient (Wildman–Crippen LogP) is 8.30. The Bertz CT molecular complexity index is 1310. The summed E-state index contributed by atoms with van der Waals surface area (Å²) >= 11 is 3.41. The van der Waals surface area contributed by atoms with E-state index in [0.717, 1.165) is 33.5 Å². The van der Waals surface area contributed by atoms with E-state index in [1.807, 2.05) is 35.3 Å². The molecule has 1 aliphatic carbocycles. The van der Waals surface area contributed by atoms with Crippen LogP contribution < -0.4 is 5.32 Å². The van der Waals surface area contributed by atoms with Crippen LogP contribution in [0, 0.1) is 20.8 Å². The van der Waals surface area contributed by atoms with Crippen LogP contribution in [0.4, 0.5) is 5.13 Å². The summed E-state index contributed by atoms with van der Waals surface area (Å²) in [6, 6.07) is 12.3. The molecule has 1 N–H and O–H groups in total. The molecule has 4 nitrogen and oxygen atoms in total. The van der Waals surface area contributed by atoms with E-state index >= 15 is 0 Å². The van der Waals surface area contributed by atoms with Crippen molar-refractivity contribution in [3.63, 3.8) is 0 Å². The van der Waals surface area contributed by atoms with Crippen LogP contribution in [0.5, 0.6) is 0 Å². The molecule has 0 saturated heterocycles. The summed E-state index contributed by atoms with van der Waals surface area (Å²) in [5, 5.41) is 7.30. The van der Waals surface area contributed by atoms with E-state index in [2.05, 4.69) is 44.3 Å². The van der Waals surface area contributed by atoms with Gasteiger partial charge in [-0.1, -0.05) is 55.2 Å². The quantitative estimate of drug-likeness (QED) is 0.295. The number of fused-ring (bicyclic) bond motifs is 1. The summed E-state index contributed by atoms with van der Waals surface area (Å²) < 4.78 is 6.07. The lowest BCUT2D eigenvalue weighted by Crippen LogP contribution is -2.13. The number of hydrogen-bond acceptors (Lipinski definition) is 5. The Labute approximate surface area is 209 Å². The number of nitrogens with one attached hydrogen (secondary N) is 1. The van der Waals surface area contributed by atoms with Crippen molar-refractivity contribution in [3.8, 4) is 11.3 Å². The Balaban J connectivity index is 1.39. The first-order valence-electron chi connectivity index (χ1n) is 12.0. The third-order valence-electron chi connectivity index (χ3n) is 6.58. The van der Waals surface area contributed by atoms with Gasteiger partial charge in [0.2, 0.25) is 0 Å². The van der Waals surface area contributed by atoms with Gasteiger partial charge in [-0.05, 0) is 50.8 Å². The maximum absolute atomic E-state index is 13.3. The highest BCUT2D eigenvalue weighted by Crippen LogP contribution is 2.36. The molecule has 2 heterocycles. The van der Waals surface area contributed by atoms with Crippen LogP contribution in [0.3, 0.4) is 0 Å². The maximum atomic E-state index is 13.3. The lowest BCUT2D eigenvalue weighted by molar-refractivity contribution is 0.0998. The number of para-hydroxylation sites is 1. The van der Waals surface area contributed by atoms with Crippen LogP contribution in [-0.4, -0.2) is 16.1 Å². The Kier molecular flexibility index (Phi) is 6.79. The molecule has 176 valence electrons. The van der Waals surface area contributed by atoms with Crippen molar-refractivity contribution < 1.29 is 9.21 Å². The lowest BCUT2D eigenvalue weighted by Gasteiger charge is -2.20.